The van der Waals surface area contributed by atoms with Gasteiger partial charge in [0.05, 0.1) is 11.3 Å². The summed E-state index contributed by atoms with van der Waals surface area (Å²) in [6.07, 6.45) is 2.10. The summed E-state index contributed by atoms with van der Waals surface area (Å²) < 4.78 is 27.3. The summed E-state index contributed by atoms with van der Waals surface area (Å²) in [5.41, 5.74) is 0.700. The maximum atomic E-state index is 13.1. The van der Waals surface area contributed by atoms with Gasteiger partial charge in [0.25, 0.3) is 15.9 Å². The molecule has 1 aliphatic heterocycles. The molecule has 1 atom stereocenters. The lowest BCUT2D eigenvalue weighted by molar-refractivity contribution is 0.0947. The maximum Gasteiger partial charge on any atom is 0.264 e. The first-order chi connectivity index (χ1) is 12.5. The number of sulfonamides is 1. The van der Waals surface area contributed by atoms with Crippen molar-refractivity contribution >= 4 is 21.6 Å². The number of nitrogens with one attached hydrogen (secondary N) is 2. The molecule has 0 aromatic heterocycles. The van der Waals surface area contributed by atoms with Crippen molar-refractivity contribution in [3.63, 3.8) is 0 Å². The van der Waals surface area contributed by atoms with E-state index in [-0.39, 0.29) is 22.4 Å². The zero-order valence-electron chi connectivity index (χ0n) is 14.7. The molecule has 2 aromatic carbocycles. The molecule has 26 heavy (non-hydrogen) atoms. The van der Waals surface area contributed by atoms with Crippen LogP contribution in [0.4, 0.5) is 5.69 Å². The second kappa shape index (κ2) is 7.88. The highest BCUT2D eigenvalue weighted by molar-refractivity contribution is 7.92. The number of carbonyl (C=O) groups is 1. The number of benzene rings is 2. The highest BCUT2D eigenvalue weighted by Gasteiger charge is 2.27. The monoisotopic (exact) mass is 373 g/mol. The summed E-state index contributed by atoms with van der Waals surface area (Å²) in [4.78, 5) is 12.6. The molecule has 1 unspecified atom stereocenters. The number of rotatable bonds is 6. The van der Waals surface area contributed by atoms with E-state index in [2.05, 4.69) is 10.6 Å². The predicted molar refractivity (Wildman–Crippen MR) is 102 cm³/mol. The fourth-order valence-electron chi connectivity index (χ4n) is 3.05. The van der Waals surface area contributed by atoms with E-state index in [4.69, 9.17) is 0 Å². The van der Waals surface area contributed by atoms with Gasteiger partial charge in [0.1, 0.15) is 4.90 Å². The first-order valence-electron chi connectivity index (χ1n) is 8.65. The lowest BCUT2D eigenvalue weighted by Gasteiger charge is -2.21. The Morgan fingerprint density at radius 1 is 1.15 bits per heavy atom. The molecule has 2 N–H and O–H groups in total. The van der Waals surface area contributed by atoms with Crippen LogP contribution in [0.1, 0.15) is 23.2 Å². The number of nitrogens with zero attached hydrogens (tertiary/aromatic N) is 1. The number of amides is 1. The third kappa shape index (κ3) is 3.89. The molecule has 0 bridgehead atoms. The Morgan fingerprint density at radius 2 is 1.85 bits per heavy atom. The van der Waals surface area contributed by atoms with Gasteiger partial charge in [0, 0.05) is 19.6 Å². The Kier molecular flexibility index (Phi) is 5.58. The lowest BCUT2D eigenvalue weighted by atomic mass is 10.2. The molecule has 1 heterocycles. The number of carbonyl (C=O) groups excluding carboxylic acids is 1. The predicted octanol–water partition coefficient (Wildman–Crippen LogP) is 1.99. The first kappa shape index (κ1) is 18.4. The van der Waals surface area contributed by atoms with Crippen LogP contribution in [0, 0.1) is 0 Å². The van der Waals surface area contributed by atoms with Gasteiger partial charge >= 0.3 is 0 Å². The Hall–Kier alpha value is -2.38. The van der Waals surface area contributed by atoms with Crippen LogP contribution in [0.2, 0.25) is 0 Å². The van der Waals surface area contributed by atoms with Gasteiger partial charge in [-0.25, -0.2) is 8.42 Å². The summed E-state index contributed by atoms with van der Waals surface area (Å²) in [6.45, 7) is 1.44. The van der Waals surface area contributed by atoms with Crippen molar-refractivity contribution in [3.8, 4) is 0 Å². The van der Waals surface area contributed by atoms with Crippen molar-refractivity contribution in [1.29, 1.82) is 0 Å². The van der Waals surface area contributed by atoms with E-state index in [1.54, 1.807) is 42.5 Å². The summed E-state index contributed by atoms with van der Waals surface area (Å²) in [5.74, 6) is -0.376. The van der Waals surface area contributed by atoms with Crippen molar-refractivity contribution in [2.24, 2.45) is 0 Å². The topological polar surface area (TPSA) is 78.5 Å². The van der Waals surface area contributed by atoms with Gasteiger partial charge in [-0.05, 0) is 43.7 Å². The van der Waals surface area contributed by atoms with E-state index in [0.29, 0.717) is 12.2 Å². The van der Waals surface area contributed by atoms with E-state index in [1.807, 2.05) is 6.07 Å². The van der Waals surface area contributed by atoms with Gasteiger partial charge in [0.15, 0.2) is 0 Å². The summed E-state index contributed by atoms with van der Waals surface area (Å²) >= 11 is 0. The molecule has 138 valence electrons. The zero-order valence-corrected chi connectivity index (χ0v) is 15.5. The van der Waals surface area contributed by atoms with Gasteiger partial charge in [-0.15, -0.1) is 0 Å². The quantitative estimate of drug-likeness (QED) is 0.812. The van der Waals surface area contributed by atoms with Gasteiger partial charge in [-0.2, -0.15) is 0 Å². The van der Waals surface area contributed by atoms with E-state index in [1.165, 1.54) is 17.4 Å². The number of hydrogen-bond acceptors (Lipinski definition) is 4. The Morgan fingerprint density at radius 3 is 2.54 bits per heavy atom. The van der Waals surface area contributed by atoms with E-state index in [9.17, 15) is 13.2 Å². The van der Waals surface area contributed by atoms with Crippen molar-refractivity contribution in [1.82, 2.24) is 10.6 Å². The minimum absolute atomic E-state index is 0.00299. The van der Waals surface area contributed by atoms with Crippen LogP contribution >= 0.6 is 0 Å². The highest BCUT2D eigenvalue weighted by atomic mass is 32.2. The van der Waals surface area contributed by atoms with Crippen LogP contribution in [-0.4, -0.2) is 40.5 Å². The fourth-order valence-corrected chi connectivity index (χ4v) is 4.43. The van der Waals surface area contributed by atoms with Crippen LogP contribution in [0.5, 0.6) is 0 Å². The second-order valence-electron chi connectivity index (χ2n) is 6.31. The fraction of sp³-hybridized carbons (Fsp3) is 0.316. The second-order valence-corrected chi connectivity index (χ2v) is 8.25. The molecular weight excluding hydrogens is 350 g/mol. The normalized spacial score (nSPS) is 17.0. The number of hydrogen-bond donors (Lipinski definition) is 2. The van der Waals surface area contributed by atoms with Crippen LogP contribution in [0.3, 0.4) is 0 Å². The molecule has 3 rings (SSSR count). The van der Waals surface area contributed by atoms with Crippen LogP contribution in [0.25, 0.3) is 0 Å². The average Bonchev–Trinajstić information content (AvgIpc) is 3.20. The van der Waals surface area contributed by atoms with Crippen molar-refractivity contribution in [3.05, 3.63) is 60.2 Å². The van der Waals surface area contributed by atoms with E-state index >= 15 is 0 Å². The molecule has 0 aliphatic carbocycles. The molecule has 0 saturated carbocycles. The molecule has 0 spiro atoms. The van der Waals surface area contributed by atoms with Crippen molar-refractivity contribution < 1.29 is 13.2 Å². The van der Waals surface area contributed by atoms with E-state index < -0.39 is 10.0 Å². The Balaban J connectivity index is 1.84. The Bertz CT molecular complexity index is 863. The maximum absolute atomic E-state index is 13.1. The summed E-state index contributed by atoms with van der Waals surface area (Å²) in [5, 5.41) is 6.15. The first-order valence-corrected chi connectivity index (χ1v) is 10.1. The molecule has 7 heteroatoms. The standard InChI is InChI=1S/C19H23N3O3S/c1-22(16-9-3-2-4-10-16)26(24,25)18-12-6-5-11-17(18)19(23)21-14-15-8-7-13-20-15/h2-6,9-12,15,20H,7-8,13-14H2,1H3,(H,21,23). The summed E-state index contributed by atoms with van der Waals surface area (Å²) in [6, 6.07) is 15.4. The van der Waals surface area contributed by atoms with Gasteiger partial charge in [-0.1, -0.05) is 30.3 Å². The molecule has 2 aromatic rings. The SMILES string of the molecule is CN(c1ccccc1)S(=O)(=O)c1ccccc1C(=O)NCC1CCCN1. The van der Waals surface area contributed by atoms with Crippen molar-refractivity contribution in [2.45, 2.75) is 23.8 Å². The third-order valence-electron chi connectivity index (χ3n) is 4.56. The molecule has 6 nitrogen and oxygen atoms in total. The smallest absolute Gasteiger partial charge is 0.264 e. The highest BCUT2D eigenvalue weighted by Crippen LogP contribution is 2.24. The van der Waals surface area contributed by atoms with E-state index in [0.717, 1.165) is 19.4 Å². The van der Waals surface area contributed by atoms with Gasteiger partial charge in [0.2, 0.25) is 0 Å². The van der Waals surface area contributed by atoms with Crippen molar-refractivity contribution in [2.75, 3.05) is 24.4 Å². The molecule has 1 fully saturated rings. The molecule has 0 radical (unpaired) electrons. The Labute approximate surface area is 154 Å². The van der Waals surface area contributed by atoms with Gasteiger partial charge in [-0.3, -0.25) is 9.10 Å². The lowest BCUT2D eigenvalue weighted by Crippen LogP contribution is -2.38. The minimum Gasteiger partial charge on any atom is -0.350 e. The largest absolute Gasteiger partial charge is 0.350 e. The van der Waals surface area contributed by atoms with Gasteiger partial charge < -0.3 is 10.6 Å². The number of anilines is 1. The number of para-hydroxylation sites is 1. The average molecular weight is 373 g/mol. The summed E-state index contributed by atoms with van der Waals surface area (Å²) in [7, 11) is -2.36. The minimum atomic E-state index is -3.85. The van der Waals surface area contributed by atoms with Crippen LogP contribution in [-0.2, 0) is 10.0 Å². The molecular formula is C19H23N3O3S. The third-order valence-corrected chi connectivity index (χ3v) is 6.41. The van der Waals surface area contributed by atoms with Crippen LogP contribution in [0.15, 0.2) is 59.5 Å². The molecule has 1 aliphatic rings. The zero-order chi connectivity index (χ0) is 18.6. The molecule has 1 amide bonds. The van der Waals surface area contributed by atoms with Crippen LogP contribution < -0.4 is 14.9 Å². The molecule has 1 saturated heterocycles.